The smallest absolute Gasteiger partial charge is 0.164 e. The van der Waals surface area contributed by atoms with Crippen molar-refractivity contribution in [2.75, 3.05) is 0 Å². The van der Waals surface area contributed by atoms with Crippen molar-refractivity contribution in [3.8, 4) is 21.8 Å². The first-order chi connectivity index (χ1) is 11.2. The van der Waals surface area contributed by atoms with Gasteiger partial charge in [-0.15, -0.1) is 11.3 Å². The lowest BCUT2D eigenvalue weighted by molar-refractivity contribution is 1.21. The number of aromatic nitrogens is 4. The van der Waals surface area contributed by atoms with Gasteiger partial charge in [0.2, 0.25) is 0 Å². The summed E-state index contributed by atoms with van der Waals surface area (Å²) in [4.78, 5) is 19.3. The minimum Gasteiger partial charge on any atom is -0.265 e. The van der Waals surface area contributed by atoms with E-state index in [1.54, 1.807) is 36.1 Å². The first-order valence-electron chi connectivity index (χ1n) is 7.01. The summed E-state index contributed by atoms with van der Waals surface area (Å²) < 4.78 is 0. The monoisotopic (exact) mass is 338 g/mol. The van der Waals surface area contributed by atoms with Gasteiger partial charge in [0.1, 0.15) is 9.98 Å². The Balaban J connectivity index is 1.94. The van der Waals surface area contributed by atoms with E-state index in [4.69, 9.17) is 11.6 Å². The maximum atomic E-state index is 6.44. The summed E-state index contributed by atoms with van der Waals surface area (Å²) >= 11 is 8.06. The van der Waals surface area contributed by atoms with Crippen LogP contribution in [0.5, 0.6) is 0 Å². The molecule has 4 rings (SSSR count). The predicted molar refractivity (Wildman–Crippen MR) is 93.6 cm³/mol. The molecule has 0 radical (unpaired) electrons. The Bertz CT molecular complexity index is 984. The van der Waals surface area contributed by atoms with Gasteiger partial charge in [0, 0.05) is 35.2 Å². The lowest BCUT2D eigenvalue weighted by Gasteiger charge is -2.02. The molecular weight excluding hydrogens is 328 g/mol. The number of fused-ring (bicyclic) bond motifs is 1. The molecule has 23 heavy (non-hydrogen) atoms. The molecule has 0 aliphatic carbocycles. The predicted octanol–water partition coefficient (Wildman–Crippen LogP) is 4.78. The van der Waals surface area contributed by atoms with Crippen LogP contribution in [0.25, 0.3) is 32.0 Å². The van der Waals surface area contributed by atoms with E-state index in [1.165, 1.54) is 0 Å². The number of hydrogen-bond acceptors (Lipinski definition) is 5. The van der Waals surface area contributed by atoms with Gasteiger partial charge in [-0.2, -0.15) is 0 Å². The van der Waals surface area contributed by atoms with Gasteiger partial charge in [0.05, 0.1) is 5.39 Å². The first kappa shape index (κ1) is 14.2. The van der Waals surface area contributed by atoms with E-state index in [-0.39, 0.29) is 0 Å². The van der Waals surface area contributed by atoms with E-state index in [2.05, 4.69) is 19.9 Å². The molecule has 112 valence electrons. The molecule has 6 heteroatoms. The number of nitrogens with zero attached hydrogens (tertiary/aromatic N) is 4. The standard InChI is InChI=1S/C17H11ClN4S/c1-10-13-15(18)21-16(12-3-2-6-20-9-12)22-17(13)23-14(10)11-4-7-19-8-5-11/h2-9H,1H3. The summed E-state index contributed by atoms with van der Waals surface area (Å²) in [5, 5.41) is 1.39. The van der Waals surface area contributed by atoms with Gasteiger partial charge in [0.15, 0.2) is 5.82 Å². The quantitative estimate of drug-likeness (QED) is 0.494. The summed E-state index contributed by atoms with van der Waals surface area (Å²) in [5.74, 6) is 0.595. The zero-order valence-corrected chi connectivity index (χ0v) is 13.8. The molecule has 0 fully saturated rings. The Morgan fingerprint density at radius 3 is 2.52 bits per heavy atom. The van der Waals surface area contributed by atoms with Gasteiger partial charge in [-0.3, -0.25) is 9.97 Å². The van der Waals surface area contributed by atoms with Crippen molar-refractivity contribution < 1.29 is 0 Å². The summed E-state index contributed by atoms with van der Waals surface area (Å²) in [6.45, 7) is 2.05. The third-order valence-electron chi connectivity index (χ3n) is 3.61. The fourth-order valence-electron chi connectivity index (χ4n) is 2.49. The average Bonchev–Trinajstić information content (AvgIpc) is 2.94. The lowest BCUT2D eigenvalue weighted by Crippen LogP contribution is -1.90. The van der Waals surface area contributed by atoms with E-state index in [1.807, 2.05) is 31.2 Å². The molecule has 0 spiro atoms. The van der Waals surface area contributed by atoms with Crippen LogP contribution in [-0.2, 0) is 0 Å². The zero-order valence-electron chi connectivity index (χ0n) is 12.2. The molecule has 0 amide bonds. The second-order valence-corrected chi connectivity index (χ2v) is 6.41. The maximum Gasteiger partial charge on any atom is 0.164 e. The molecule has 4 aromatic rings. The highest BCUT2D eigenvalue weighted by Crippen LogP contribution is 2.40. The van der Waals surface area contributed by atoms with E-state index < -0.39 is 0 Å². The molecule has 0 unspecified atom stereocenters. The van der Waals surface area contributed by atoms with Crippen molar-refractivity contribution in [3.05, 3.63) is 59.8 Å². The average molecular weight is 339 g/mol. The zero-order chi connectivity index (χ0) is 15.8. The number of rotatable bonds is 2. The molecular formula is C17H11ClN4S. The van der Waals surface area contributed by atoms with Crippen LogP contribution in [0.3, 0.4) is 0 Å². The van der Waals surface area contributed by atoms with Gasteiger partial charge in [-0.05, 0) is 42.3 Å². The molecule has 0 aliphatic rings. The van der Waals surface area contributed by atoms with Crippen molar-refractivity contribution in [2.45, 2.75) is 6.92 Å². The lowest BCUT2D eigenvalue weighted by atomic mass is 10.1. The third-order valence-corrected chi connectivity index (χ3v) is 5.12. The van der Waals surface area contributed by atoms with E-state index in [9.17, 15) is 0 Å². The number of hydrogen-bond donors (Lipinski definition) is 0. The molecule has 0 atom stereocenters. The molecule has 0 bridgehead atoms. The number of halogens is 1. The Kier molecular flexibility index (Phi) is 3.52. The van der Waals surface area contributed by atoms with Gasteiger partial charge in [0.25, 0.3) is 0 Å². The van der Waals surface area contributed by atoms with Crippen molar-refractivity contribution in [1.29, 1.82) is 0 Å². The molecule has 0 N–H and O–H groups in total. The molecule has 0 saturated heterocycles. The highest BCUT2D eigenvalue weighted by atomic mass is 35.5. The Morgan fingerprint density at radius 1 is 0.957 bits per heavy atom. The highest BCUT2D eigenvalue weighted by Gasteiger charge is 2.17. The van der Waals surface area contributed by atoms with E-state index in [0.29, 0.717) is 11.0 Å². The van der Waals surface area contributed by atoms with Crippen molar-refractivity contribution >= 4 is 33.2 Å². The molecule has 0 aromatic carbocycles. The second kappa shape index (κ2) is 5.68. The van der Waals surface area contributed by atoms with Crippen LogP contribution < -0.4 is 0 Å². The summed E-state index contributed by atoms with van der Waals surface area (Å²) in [6, 6.07) is 7.76. The molecule has 0 saturated carbocycles. The minimum atomic E-state index is 0.475. The van der Waals surface area contributed by atoms with Crippen LogP contribution in [0.1, 0.15) is 5.56 Å². The van der Waals surface area contributed by atoms with Crippen LogP contribution in [0.4, 0.5) is 0 Å². The van der Waals surface area contributed by atoms with Crippen molar-refractivity contribution in [2.24, 2.45) is 0 Å². The van der Waals surface area contributed by atoms with Gasteiger partial charge in [-0.1, -0.05) is 11.6 Å². The molecule has 4 aromatic heterocycles. The molecule has 0 aliphatic heterocycles. The molecule has 4 nitrogen and oxygen atoms in total. The topological polar surface area (TPSA) is 51.6 Å². The SMILES string of the molecule is Cc1c(-c2ccncc2)sc2nc(-c3cccnc3)nc(Cl)c12. The largest absolute Gasteiger partial charge is 0.265 e. The summed E-state index contributed by atoms with van der Waals surface area (Å²) in [7, 11) is 0. The van der Waals surface area contributed by atoms with Gasteiger partial charge in [-0.25, -0.2) is 9.97 Å². The normalized spacial score (nSPS) is 11.0. The van der Waals surface area contributed by atoms with Gasteiger partial charge < -0.3 is 0 Å². The third kappa shape index (κ3) is 2.48. The van der Waals surface area contributed by atoms with E-state index >= 15 is 0 Å². The van der Waals surface area contributed by atoms with Crippen molar-refractivity contribution in [1.82, 2.24) is 19.9 Å². The summed E-state index contributed by atoms with van der Waals surface area (Å²) in [6.07, 6.45) is 7.03. The number of pyridine rings is 2. The Labute approximate surface area is 141 Å². The fourth-order valence-corrected chi connectivity index (χ4v) is 4.05. The number of aryl methyl sites for hydroxylation is 1. The first-order valence-corrected chi connectivity index (χ1v) is 8.21. The van der Waals surface area contributed by atoms with Crippen LogP contribution in [0.2, 0.25) is 5.15 Å². The minimum absolute atomic E-state index is 0.475. The second-order valence-electron chi connectivity index (χ2n) is 5.05. The molecule has 4 heterocycles. The Hall–Kier alpha value is -2.37. The number of thiophene rings is 1. The highest BCUT2D eigenvalue weighted by molar-refractivity contribution is 7.22. The van der Waals surface area contributed by atoms with E-state index in [0.717, 1.165) is 31.8 Å². The van der Waals surface area contributed by atoms with Crippen molar-refractivity contribution in [3.63, 3.8) is 0 Å². The van der Waals surface area contributed by atoms with Crippen LogP contribution in [0, 0.1) is 6.92 Å². The summed E-state index contributed by atoms with van der Waals surface area (Å²) in [5.41, 5.74) is 3.06. The van der Waals surface area contributed by atoms with Gasteiger partial charge >= 0.3 is 0 Å². The van der Waals surface area contributed by atoms with Crippen LogP contribution in [-0.4, -0.2) is 19.9 Å². The Morgan fingerprint density at radius 2 is 1.78 bits per heavy atom. The maximum absolute atomic E-state index is 6.44. The van der Waals surface area contributed by atoms with Crippen LogP contribution in [0.15, 0.2) is 49.1 Å². The fraction of sp³-hybridized carbons (Fsp3) is 0.0588. The van der Waals surface area contributed by atoms with Crippen LogP contribution >= 0.6 is 22.9 Å².